The van der Waals surface area contributed by atoms with Crippen LogP contribution >= 0.6 is 12.2 Å². The third-order valence-electron chi connectivity index (χ3n) is 2.41. The fraction of sp³-hybridized carbons (Fsp3) is 0.385. The Hall–Kier alpha value is -1.46. The molecule has 1 rings (SSSR count). The smallest absolute Gasteiger partial charge is 0.222 e. The molecular weight excluding hydrogens is 248 g/mol. The summed E-state index contributed by atoms with van der Waals surface area (Å²) in [6, 6.07) is 7.50. The Morgan fingerprint density at radius 2 is 2.06 bits per heavy atom. The van der Waals surface area contributed by atoms with Crippen LogP contribution in [0.25, 0.3) is 0 Å². The lowest BCUT2D eigenvalue weighted by atomic mass is 10.1. The second-order valence-corrected chi connectivity index (χ2v) is 4.22. The standard InChI is InChI=1S/C13H18N2O2S/c1-2-17-8-7-12(16)15-9-10-3-5-11(6-4-10)13(14)18/h3-6H,2,7-9H2,1H3,(H2,14,18)(H,15,16). The van der Waals surface area contributed by atoms with Gasteiger partial charge in [0.25, 0.3) is 0 Å². The topological polar surface area (TPSA) is 64.3 Å². The molecule has 0 aromatic heterocycles. The number of carbonyl (C=O) groups is 1. The van der Waals surface area contributed by atoms with Crippen LogP contribution in [0.4, 0.5) is 0 Å². The van der Waals surface area contributed by atoms with Gasteiger partial charge in [-0.15, -0.1) is 0 Å². The van der Waals surface area contributed by atoms with Crippen molar-refractivity contribution < 1.29 is 9.53 Å². The van der Waals surface area contributed by atoms with Gasteiger partial charge >= 0.3 is 0 Å². The molecule has 4 nitrogen and oxygen atoms in total. The Balaban J connectivity index is 2.34. The maximum absolute atomic E-state index is 11.4. The van der Waals surface area contributed by atoms with E-state index in [4.69, 9.17) is 22.7 Å². The number of nitrogens with two attached hydrogens (primary N) is 1. The van der Waals surface area contributed by atoms with Gasteiger partial charge in [-0.3, -0.25) is 4.79 Å². The summed E-state index contributed by atoms with van der Waals surface area (Å²) in [6.07, 6.45) is 0.388. The highest BCUT2D eigenvalue weighted by atomic mass is 32.1. The molecule has 0 aliphatic heterocycles. The number of amides is 1. The monoisotopic (exact) mass is 266 g/mol. The van der Waals surface area contributed by atoms with Crippen molar-refractivity contribution in [1.82, 2.24) is 5.32 Å². The molecule has 98 valence electrons. The highest BCUT2D eigenvalue weighted by Gasteiger charge is 2.01. The van der Waals surface area contributed by atoms with E-state index in [1.807, 2.05) is 31.2 Å². The zero-order valence-electron chi connectivity index (χ0n) is 10.4. The number of hydrogen-bond donors (Lipinski definition) is 2. The van der Waals surface area contributed by atoms with Crippen molar-refractivity contribution in [1.29, 1.82) is 0 Å². The molecule has 3 N–H and O–H groups in total. The number of rotatable bonds is 7. The first kappa shape index (κ1) is 14.6. The van der Waals surface area contributed by atoms with Gasteiger partial charge in [0, 0.05) is 25.1 Å². The van der Waals surface area contributed by atoms with Crippen molar-refractivity contribution in [2.75, 3.05) is 13.2 Å². The van der Waals surface area contributed by atoms with E-state index in [0.717, 1.165) is 11.1 Å². The lowest BCUT2D eigenvalue weighted by Gasteiger charge is -2.06. The van der Waals surface area contributed by atoms with Crippen LogP contribution in [0.15, 0.2) is 24.3 Å². The quantitative estimate of drug-likeness (QED) is 0.578. The van der Waals surface area contributed by atoms with E-state index in [9.17, 15) is 4.79 Å². The van der Waals surface area contributed by atoms with E-state index >= 15 is 0 Å². The van der Waals surface area contributed by atoms with Crippen LogP contribution in [-0.2, 0) is 16.1 Å². The Labute approximate surface area is 113 Å². The van der Waals surface area contributed by atoms with Gasteiger partial charge in [0.05, 0.1) is 6.61 Å². The normalized spacial score (nSPS) is 10.1. The Morgan fingerprint density at radius 3 is 2.61 bits per heavy atom. The minimum Gasteiger partial charge on any atom is -0.389 e. The van der Waals surface area contributed by atoms with Gasteiger partial charge in [0.1, 0.15) is 4.99 Å². The van der Waals surface area contributed by atoms with Crippen LogP contribution in [0.1, 0.15) is 24.5 Å². The second kappa shape index (κ2) is 7.79. The number of hydrogen-bond acceptors (Lipinski definition) is 3. The number of benzene rings is 1. The first-order chi connectivity index (χ1) is 8.63. The largest absolute Gasteiger partial charge is 0.389 e. The van der Waals surface area contributed by atoms with E-state index in [1.165, 1.54) is 0 Å². The number of carbonyl (C=O) groups excluding carboxylic acids is 1. The lowest BCUT2D eigenvalue weighted by molar-refractivity contribution is -0.122. The van der Waals surface area contributed by atoms with Gasteiger partial charge in [-0.2, -0.15) is 0 Å². The predicted molar refractivity (Wildman–Crippen MR) is 75.3 cm³/mol. The third-order valence-corrected chi connectivity index (χ3v) is 2.64. The third kappa shape index (κ3) is 5.25. The summed E-state index contributed by atoms with van der Waals surface area (Å²) in [6.45, 7) is 3.50. The van der Waals surface area contributed by atoms with Crippen LogP contribution in [0.2, 0.25) is 0 Å². The van der Waals surface area contributed by atoms with Crippen LogP contribution < -0.4 is 11.1 Å². The van der Waals surface area contributed by atoms with Crippen molar-refractivity contribution in [2.45, 2.75) is 19.9 Å². The molecule has 0 unspecified atom stereocenters. The highest BCUT2D eigenvalue weighted by Crippen LogP contribution is 2.04. The Bertz CT molecular complexity index is 404. The fourth-order valence-corrected chi connectivity index (χ4v) is 1.52. The summed E-state index contributed by atoms with van der Waals surface area (Å²) >= 11 is 4.86. The first-order valence-corrected chi connectivity index (χ1v) is 6.27. The molecule has 0 atom stereocenters. The number of nitrogens with one attached hydrogen (secondary N) is 1. The molecule has 0 fully saturated rings. The zero-order chi connectivity index (χ0) is 13.4. The maximum atomic E-state index is 11.4. The summed E-state index contributed by atoms with van der Waals surface area (Å²) < 4.78 is 5.11. The van der Waals surface area contributed by atoms with Crippen LogP contribution in [0.3, 0.4) is 0 Å². The van der Waals surface area contributed by atoms with Gasteiger partial charge in [-0.1, -0.05) is 36.5 Å². The van der Waals surface area contributed by atoms with Crippen molar-refractivity contribution in [3.05, 3.63) is 35.4 Å². The van der Waals surface area contributed by atoms with Crippen LogP contribution in [0, 0.1) is 0 Å². The predicted octanol–water partition coefficient (Wildman–Crippen LogP) is 1.36. The summed E-state index contributed by atoms with van der Waals surface area (Å²) in [7, 11) is 0. The first-order valence-electron chi connectivity index (χ1n) is 5.86. The Morgan fingerprint density at radius 1 is 1.39 bits per heavy atom. The van der Waals surface area contributed by atoms with E-state index in [1.54, 1.807) is 0 Å². The maximum Gasteiger partial charge on any atom is 0.222 e. The molecule has 5 heteroatoms. The van der Waals surface area contributed by atoms with Crippen molar-refractivity contribution >= 4 is 23.1 Å². The van der Waals surface area contributed by atoms with Gasteiger partial charge in [-0.05, 0) is 12.5 Å². The van der Waals surface area contributed by atoms with E-state index < -0.39 is 0 Å². The zero-order valence-corrected chi connectivity index (χ0v) is 11.3. The molecule has 0 saturated heterocycles. The minimum atomic E-state index is -0.0122. The molecule has 0 saturated carbocycles. The molecule has 0 spiro atoms. The summed E-state index contributed by atoms with van der Waals surface area (Å²) in [5.74, 6) is -0.0122. The van der Waals surface area contributed by atoms with E-state index in [2.05, 4.69) is 5.32 Å². The average molecular weight is 266 g/mol. The summed E-state index contributed by atoms with van der Waals surface area (Å²) in [5.41, 5.74) is 7.35. The molecule has 0 aliphatic carbocycles. The van der Waals surface area contributed by atoms with Crippen molar-refractivity contribution in [2.24, 2.45) is 5.73 Å². The average Bonchev–Trinajstić information content (AvgIpc) is 2.37. The Kier molecular flexibility index (Phi) is 6.32. The minimum absolute atomic E-state index is 0.0122. The summed E-state index contributed by atoms with van der Waals surface area (Å²) in [5, 5.41) is 2.82. The summed E-state index contributed by atoms with van der Waals surface area (Å²) in [4.78, 5) is 11.8. The van der Waals surface area contributed by atoms with E-state index in [-0.39, 0.29) is 5.91 Å². The molecule has 1 aromatic rings. The molecule has 0 aliphatic rings. The van der Waals surface area contributed by atoms with Crippen molar-refractivity contribution in [3.63, 3.8) is 0 Å². The van der Waals surface area contributed by atoms with E-state index in [0.29, 0.717) is 31.2 Å². The van der Waals surface area contributed by atoms with Gasteiger partial charge in [0.2, 0.25) is 5.91 Å². The van der Waals surface area contributed by atoms with Gasteiger partial charge in [-0.25, -0.2) is 0 Å². The molecule has 0 radical (unpaired) electrons. The SMILES string of the molecule is CCOCCC(=O)NCc1ccc(C(N)=S)cc1. The number of ether oxygens (including phenoxy) is 1. The second-order valence-electron chi connectivity index (χ2n) is 3.78. The molecule has 0 heterocycles. The molecular formula is C13H18N2O2S. The van der Waals surface area contributed by atoms with Gasteiger partial charge < -0.3 is 15.8 Å². The molecule has 18 heavy (non-hydrogen) atoms. The molecule has 1 amide bonds. The van der Waals surface area contributed by atoms with Crippen LogP contribution in [0.5, 0.6) is 0 Å². The number of thiocarbonyl (C=S) groups is 1. The fourth-order valence-electron chi connectivity index (χ4n) is 1.39. The van der Waals surface area contributed by atoms with Crippen LogP contribution in [-0.4, -0.2) is 24.1 Å². The highest BCUT2D eigenvalue weighted by molar-refractivity contribution is 7.80. The molecule has 0 bridgehead atoms. The van der Waals surface area contributed by atoms with Gasteiger partial charge in [0.15, 0.2) is 0 Å². The lowest BCUT2D eigenvalue weighted by Crippen LogP contribution is -2.24. The molecule has 1 aromatic carbocycles. The van der Waals surface area contributed by atoms with Crippen molar-refractivity contribution in [3.8, 4) is 0 Å².